The van der Waals surface area contributed by atoms with Gasteiger partial charge in [-0.2, -0.15) is 0 Å². The van der Waals surface area contributed by atoms with Crippen LogP contribution in [0.2, 0.25) is 0 Å². The number of carbonyl (C=O) groups is 2. The number of hydrogen-bond donors (Lipinski definition) is 0. The fraction of sp³-hybridized carbons (Fsp3) is 0.923. The van der Waals surface area contributed by atoms with Crippen molar-refractivity contribution in [3.63, 3.8) is 0 Å². The molecule has 4 saturated carbocycles. The van der Waals surface area contributed by atoms with Gasteiger partial charge in [-0.1, -0.05) is 51.4 Å². The molecule has 0 spiro atoms. The molecule has 4 aliphatic carbocycles. The minimum absolute atomic E-state index is 0.258. The van der Waals surface area contributed by atoms with Crippen molar-refractivity contribution in [1.82, 2.24) is 9.80 Å². The normalized spacial score (nSPS) is 39.7. The molecule has 0 aromatic heterocycles. The lowest BCUT2D eigenvalue weighted by atomic mass is 9.67. The first-order valence-electron chi connectivity index (χ1n) is 13.3. The van der Waals surface area contributed by atoms with Gasteiger partial charge in [-0.25, -0.2) is 0 Å². The predicted octanol–water partition coefficient (Wildman–Crippen LogP) is 4.87. The fourth-order valence-electron chi connectivity index (χ4n) is 7.86. The molecule has 4 heteroatoms. The summed E-state index contributed by atoms with van der Waals surface area (Å²) >= 11 is 0. The summed E-state index contributed by atoms with van der Waals surface area (Å²) in [6.07, 6.45) is 18.0. The quantitative estimate of drug-likeness (QED) is 0.647. The third-order valence-electron chi connectivity index (χ3n) is 9.68. The van der Waals surface area contributed by atoms with E-state index in [1.807, 2.05) is 0 Å². The highest BCUT2D eigenvalue weighted by molar-refractivity contribution is 5.81. The van der Waals surface area contributed by atoms with E-state index in [1.54, 1.807) is 0 Å². The van der Waals surface area contributed by atoms with Gasteiger partial charge in [0.25, 0.3) is 0 Å². The molecule has 5 rings (SSSR count). The molecular formula is C26H42N2O2. The molecule has 5 fully saturated rings. The summed E-state index contributed by atoms with van der Waals surface area (Å²) in [5.74, 6) is 4.72. The van der Waals surface area contributed by atoms with E-state index >= 15 is 0 Å². The van der Waals surface area contributed by atoms with Crippen LogP contribution in [0.15, 0.2) is 0 Å². The maximum Gasteiger partial charge on any atom is 0.225 e. The molecule has 6 atom stereocenters. The average molecular weight is 415 g/mol. The van der Waals surface area contributed by atoms with Crippen LogP contribution in [-0.2, 0) is 9.59 Å². The van der Waals surface area contributed by atoms with Crippen LogP contribution < -0.4 is 0 Å². The second kappa shape index (κ2) is 9.20. The minimum Gasteiger partial charge on any atom is -0.339 e. The van der Waals surface area contributed by atoms with E-state index in [2.05, 4.69) is 9.80 Å². The topological polar surface area (TPSA) is 40.6 Å². The van der Waals surface area contributed by atoms with Gasteiger partial charge in [-0.3, -0.25) is 9.59 Å². The van der Waals surface area contributed by atoms with Crippen LogP contribution in [0.5, 0.6) is 0 Å². The molecule has 2 amide bonds. The van der Waals surface area contributed by atoms with Gasteiger partial charge in [0.15, 0.2) is 0 Å². The predicted molar refractivity (Wildman–Crippen MR) is 119 cm³/mol. The highest BCUT2D eigenvalue weighted by Gasteiger charge is 2.39. The average Bonchev–Trinajstić information content (AvgIpc) is 2.82. The van der Waals surface area contributed by atoms with Gasteiger partial charge in [0.05, 0.1) is 0 Å². The maximum absolute atomic E-state index is 13.2. The molecule has 6 unspecified atom stereocenters. The van der Waals surface area contributed by atoms with E-state index in [9.17, 15) is 9.59 Å². The Morgan fingerprint density at radius 2 is 0.833 bits per heavy atom. The molecule has 1 heterocycles. The molecule has 0 bridgehead atoms. The van der Waals surface area contributed by atoms with Crippen LogP contribution in [0.25, 0.3) is 0 Å². The molecular weight excluding hydrogens is 372 g/mol. The summed E-state index contributed by atoms with van der Waals surface area (Å²) in [4.78, 5) is 30.6. The molecule has 4 nitrogen and oxygen atoms in total. The zero-order chi connectivity index (χ0) is 20.5. The Labute approximate surface area is 183 Å². The standard InChI is InChI=1S/C26H42N2O2/c29-25(23-11-9-19-5-1-3-7-21(19)17-23)27-13-15-28(16-14-27)26(30)24-12-10-20-6-2-4-8-22(20)18-24/h19-24H,1-18H2. The Morgan fingerprint density at radius 3 is 1.23 bits per heavy atom. The van der Waals surface area contributed by atoms with E-state index in [4.69, 9.17) is 0 Å². The van der Waals surface area contributed by atoms with Crippen LogP contribution in [-0.4, -0.2) is 47.8 Å². The number of piperazine rings is 1. The highest BCUT2D eigenvalue weighted by Crippen LogP contribution is 2.44. The molecule has 0 aromatic rings. The Morgan fingerprint density at radius 1 is 0.467 bits per heavy atom. The minimum atomic E-state index is 0.258. The maximum atomic E-state index is 13.2. The Hall–Kier alpha value is -1.06. The first-order valence-corrected chi connectivity index (χ1v) is 13.3. The number of nitrogens with zero attached hydrogens (tertiary/aromatic N) is 2. The van der Waals surface area contributed by atoms with E-state index < -0.39 is 0 Å². The highest BCUT2D eigenvalue weighted by atomic mass is 16.2. The zero-order valence-corrected chi connectivity index (χ0v) is 18.9. The van der Waals surface area contributed by atoms with Gasteiger partial charge in [-0.05, 0) is 62.2 Å². The molecule has 168 valence electrons. The van der Waals surface area contributed by atoms with Crippen molar-refractivity contribution in [2.45, 2.75) is 89.9 Å². The van der Waals surface area contributed by atoms with Crippen LogP contribution in [0, 0.1) is 35.5 Å². The Bertz CT molecular complexity index is 573. The summed E-state index contributed by atoms with van der Waals surface area (Å²) in [7, 11) is 0. The van der Waals surface area contributed by atoms with Gasteiger partial charge in [-0.15, -0.1) is 0 Å². The van der Waals surface area contributed by atoms with Crippen molar-refractivity contribution in [2.24, 2.45) is 35.5 Å². The van der Waals surface area contributed by atoms with Crippen molar-refractivity contribution in [3.8, 4) is 0 Å². The first-order chi connectivity index (χ1) is 14.7. The van der Waals surface area contributed by atoms with E-state index in [0.717, 1.165) is 75.5 Å². The van der Waals surface area contributed by atoms with E-state index in [0.29, 0.717) is 11.8 Å². The number of amides is 2. The van der Waals surface area contributed by atoms with Crippen molar-refractivity contribution < 1.29 is 9.59 Å². The van der Waals surface area contributed by atoms with Gasteiger partial charge in [0.2, 0.25) is 11.8 Å². The molecule has 0 N–H and O–H groups in total. The van der Waals surface area contributed by atoms with E-state index in [-0.39, 0.29) is 11.8 Å². The monoisotopic (exact) mass is 414 g/mol. The van der Waals surface area contributed by atoms with Crippen molar-refractivity contribution >= 4 is 11.8 Å². The number of fused-ring (bicyclic) bond motifs is 2. The van der Waals surface area contributed by atoms with Crippen molar-refractivity contribution in [1.29, 1.82) is 0 Å². The SMILES string of the molecule is O=C(C1CCC2CCCCC2C1)N1CCN(C(=O)C2CCC3CCCCC3C2)CC1. The second-order valence-corrected chi connectivity index (χ2v) is 11.3. The third kappa shape index (κ3) is 4.30. The molecule has 30 heavy (non-hydrogen) atoms. The smallest absolute Gasteiger partial charge is 0.225 e. The largest absolute Gasteiger partial charge is 0.339 e. The van der Waals surface area contributed by atoms with Gasteiger partial charge >= 0.3 is 0 Å². The lowest BCUT2D eigenvalue weighted by molar-refractivity contribution is -0.146. The summed E-state index contributed by atoms with van der Waals surface area (Å²) < 4.78 is 0. The molecule has 5 aliphatic rings. The summed E-state index contributed by atoms with van der Waals surface area (Å²) in [5.41, 5.74) is 0. The summed E-state index contributed by atoms with van der Waals surface area (Å²) in [6, 6.07) is 0. The number of rotatable bonds is 2. The zero-order valence-electron chi connectivity index (χ0n) is 18.9. The Balaban J connectivity index is 1.10. The van der Waals surface area contributed by atoms with Gasteiger partial charge in [0, 0.05) is 38.0 Å². The van der Waals surface area contributed by atoms with Crippen LogP contribution in [0.3, 0.4) is 0 Å². The molecule has 1 aliphatic heterocycles. The first kappa shape index (κ1) is 20.8. The summed E-state index contributed by atoms with van der Waals surface area (Å²) in [6.45, 7) is 3.03. The molecule has 0 radical (unpaired) electrons. The van der Waals surface area contributed by atoms with E-state index in [1.165, 1.54) is 64.2 Å². The third-order valence-corrected chi connectivity index (χ3v) is 9.68. The van der Waals surface area contributed by atoms with Crippen molar-refractivity contribution in [2.75, 3.05) is 26.2 Å². The lowest BCUT2D eigenvalue weighted by Crippen LogP contribution is -2.54. The van der Waals surface area contributed by atoms with Gasteiger partial charge < -0.3 is 9.80 Å². The molecule has 0 aromatic carbocycles. The van der Waals surface area contributed by atoms with Crippen molar-refractivity contribution in [3.05, 3.63) is 0 Å². The number of carbonyl (C=O) groups excluding carboxylic acids is 2. The number of hydrogen-bond acceptors (Lipinski definition) is 2. The van der Waals surface area contributed by atoms with Crippen LogP contribution in [0.4, 0.5) is 0 Å². The van der Waals surface area contributed by atoms with Crippen LogP contribution >= 0.6 is 0 Å². The van der Waals surface area contributed by atoms with Crippen LogP contribution in [0.1, 0.15) is 89.9 Å². The fourth-order valence-corrected chi connectivity index (χ4v) is 7.86. The van der Waals surface area contributed by atoms with Gasteiger partial charge in [0.1, 0.15) is 0 Å². The second-order valence-electron chi connectivity index (χ2n) is 11.3. The lowest BCUT2D eigenvalue weighted by Gasteiger charge is -2.43. The molecule has 1 saturated heterocycles. The summed E-state index contributed by atoms with van der Waals surface area (Å²) in [5, 5.41) is 0. The Kier molecular flexibility index (Phi) is 6.39.